The number of nitrogens with zero attached hydrogens (tertiary/aromatic N) is 2. The summed E-state index contributed by atoms with van der Waals surface area (Å²) in [6, 6.07) is 0. The first-order valence-corrected chi connectivity index (χ1v) is 11.9. The van der Waals surface area contributed by atoms with E-state index in [1.165, 1.54) is 4.90 Å². The monoisotopic (exact) mass is 503 g/mol. The van der Waals surface area contributed by atoms with Crippen molar-refractivity contribution in [1.29, 1.82) is 0 Å². The van der Waals surface area contributed by atoms with E-state index in [-0.39, 0.29) is 13.1 Å². The molecule has 0 fully saturated rings. The number of nitrogens with one attached hydrogen (secondary N) is 1. The third kappa shape index (κ3) is 18.3. The summed E-state index contributed by atoms with van der Waals surface area (Å²) in [5, 5.41) is 11.8. The summed E-state index contributed by atoms with van der Waals surface area (Å²) in [5.74, 6) is -1.16. The van der Waals surface area contributed by atoms with Gasteiger partial charge in [0.05, 0.1) is 0 Å². The number of amides is 3. The Morgan fingerprint density at radius 1 is 0.657 bits per heavy atom. The minimum absolute atomic E-state index is 0.0979. The van der Waals surface area contributed by atoms with Crippen LogP contribution in [0.5, 0.6) is 0 Å². The quantitative estimate of drug-likeness (QED) is 0.316. The highest BCUT2D eigenvalue weighted by molar-refractivity contribution is 5.77. The third-order valence-corrected chi connectivity index (χ3v) is 4.01. The third-order valence-electron chi connectivity index (χ3n) is 4.01. The average molecular weight is 504 g/mol. The molecule has 0 bridgehead atoms. The van der Waals surface area contributed by atoms with Crippen molar-refractivity contribution in [1.82, 2.24) is 15.1 Å². The lowest BCUT2D eigenvalue weighted by Gasteiger charge is -2.29. The maximum absolute atomic E-state index is 12.7. The highest BCUT2D eigenvalue weighted by Crippen LogP contribution is 2.13. The van der Waals surface area contributed by atoms with Gasteiger partial charge in [-0.15, -0.1) is 0 Å². The number of carboxylic acids is 1. The Morgan fingerprint density at radius 3 is 1.54 bits per heavy atom. The van der Waals surface area contributed by atoms with Crippen LogP contribution in [0.25, 0.3) is 0 Å². The summed E-state index contributed by atoms with van der Waals surface area (Å²) in [5.41, 5.74) is -2.02. The van der Waals surface area contributed by atoms with Crippen LogP contribution < -0.4 is 5.32 Å². The van der Waals surface area contributed by atoms with Gasteiger partial charge < -0.3 is 29.5 Å². The van der Waals surface area contributed by atoms with Crippen molar-refractivity contribution < 1.29 is 38.5 Å². The van der Waals surface area contributed by atoms with Gasteiger partial charge in [0, 0.05) is 26.2 Å². The largest absolute Gasteiger partial charge is 0.480 e. The number of rotatable bonds is 11. The molecule has 0 radical (unpaired) electrons. The molecule has 0 aromatic carbocycles. The molecule has 35 heavy (non-hydrogen) atoms. The number of carbonyl (C=O) groups excluding carboxylic acids is 3. The van der Waals surface area contributed by atoms with Crippen LogP contribution in [0.1, 0.15) is 81.6 Å². The van der Waals surface area contributed by atoms with Crippen LogP contribution in [0.3, 0.4) is 0 Å². The van der Waals surface area contributed by atoms with E-state index in [0.717, 1.165) is 4.90 Å². The van der Waals surface area contributed by atoms with Crippen LogP contribution in [-0.4, -0.2) is 88.7 Å². The molecule has 0 unspecified atom stereocenters. The molecule has 0 heterocycles. The minimum Gasteiger partial charge on any atom is -0.480 e. The molecule has 204 valence electrons. The second-order valence-corrected chi connectivity index (χ2v) is 11.3. The van der Waals surface area contributed by atoms with Crippen LogP contribution in [0, 0.1) is 0 Å². The van der Waals surface area contributed by atoms with Crippen molar-refractivity contribution in [3.63, 3.8) is 0 Å². The molecule has 0 aliphatic carbocycles. The standard InChI is InChI=1S/C24H45N3O8/c1-22(2,3)33-19(30)25-13-10-11-14-26(20(31)34-23(4,5)6)15-12-16-27(17-18(28)29)21(32)35-24(7,8)9/h10-17H2,1-9H3,(H,25,30)(H,28,29). The first-order chi connectivity index (χ1) is 15.8. The van der Waals surface area contributed by atoms with Gasteiger partial charge in [0.2, 0.25) is 0 Å². The molecule has 0 rings (SSSR count). The van der Waals surface area contributed by atoms with Crippen molar-refractivity contribution in [3.05, 3.63) is 0 Å². The maximum Gasteiger partial charge on any atom is 0.410 e. The fourth-order valence-corrected chi connectivity index (χ4v) is 2.73. The molecule has 0 aliphatic rings. The van der Waals surface area contributed by atoms with Gasteiger partial charge in [0.1, 0.15) is 23.3 Å². The summed E-state index contributed by atoms with van der Waals surface area (Å²) in [6.45, 7) is 16.4. The number of carboxylic acid groups (broad SMARTS) is 1. The molecule has 0 atom stereocenters. The predicted octanol–water partition coefficient (Wildman–Crippen LogP) is 4.24. The number of unbranched alkanes of at least 4 members (excludes halogenated alkanes) is 1. The lowest BCUT2D eigenvalue weighted by atomic mass is 10.2. The van der Waals surface area contributed by atoms with Gasteiger partial charge in [-0.25, -0.2) is 14.4 Å². The topological polar surface area (TPSA) is 135 Å². The zero-order valence-electron chi connectivity index (χ0n) is 22.9. The lowest BCUT2D eigenvalue weighted by molar-refractivity contribution is -0.138. The van der Waals surface area contributed by atoms with Gasteiger partial charge in [-0.2, -0.15) is 0 Å². The van der Waals surface area contributed by atoms with Crippen molar-refractivity contribution in [2.75, 3.05) is 32.7 Å². The zero-order valence-corrected chi connectivity index (χ0v) is 22.9. The maximum atomic E-state index is 12.7. The van der Waals surface area contributed by atoms with Crippen LogP contribution in [0.2, 0.25) is 0 Å². The summed E-state index contributed by atoms with van der Waals surface area (Å²) in [7, 11) is 0. The van der Waals surface area contributed by atoms with Crippen molar-refractivity contribution in [2.45, 2.75) is 98.4 Å². The second kappa shape index (κ2) is 14.0. The molecule has 2 N–H and O–H groups in total. The number of carbonyl (C=O) groups is 4. The number of aliphatic carboxylic acids is 1. The summed E-state index contributed by atoms with van der Waals surface area (Å²) >= 11 is 0. The highest BCUT2D eigenvalue weighted by atomic mass is 16.6. The van der Waals surface area contributed by atoms with Gasteiger partial charge in [0.25, 0.3) is 0 Å². The van der Waals surface area contributed by atoms with Gasteiger partial charge in [-0.05, 0) is 81.6 Å². The molecular weight excluding hydrogens is 458 g/mol. The SMILES string of the molecule is CC(C)(C)OC(=O)NCCCCN(CCCN(CC(=O)O)C(=O)OC(C)(C)C)C(=O)OC(C)(C)C. The average Bonchev–Trinajstić information content (AvgIpc) is 2.60. The van der Waals surface area contributed by atoms with Crippen LogP contribution in [0.4, 0.5) is 14.4 Å². The van der Waals surface area contributed by atoms with Gasteiger partial charge in [-0.3, -0.25) is 9.69 Å². The van der Waals surface area contributed by atoms with E-state index in [0.29, 0.717) is 32.4 Å². The van der Waals surface area contributed by atoms with Gasteiger partial charge in [-0.1, -0.05) is 0 Å². The Bertz CT molecular complexity index is 705. The molecule has 3 amide bonds. The second-order valence-electron chi connectivity index (χ2n) is 11.3. The highest BCUT2D eigenvalue weighted by Gasteiger charge is 2.25. The van der Waals surface area contributed by atoms with Crippen LogP contribution in [-0.2, 0) is 19.0 Å². The van der Waals surface area contributed by atoms with Crippen LogP contribution >= 0.6 is 0 Å². The Hall–Kier alpha value is -2.72. The van der Waals surface area contributed by atoms with E-state index in [1.807, 2.05) is 0 Å². The Balaban J connectivity index is 4.91. The summed E-state index contributed by atoms with van der Waals surface area (Å²) < 4.78 is 16.0. The summed E-state index contributed by atoms with van der Waals surface area (Å²) in [4.78, 5) is 50.6. The zero-order chi connectivity index (χ0) is 27.4. The number of hydrogen-bond acceptors (Lipinski definition) is 7. The first kappa shape index (κ1) is 32.3. The molecule has 0 aromatic rings. The Labute approximate surface area is 209 Å². The van der Waals surface area contributed by atoms with Gasteiger partial charge >= 0.3 is 24.2 Å². The Kier molecular flexibility index (Phi) is 12.9. The van der Waals surface area contributed by atoms with E-state index < -0.39 is 47.6 Å². The lowest BCUT2D eigenvalue weighted by Crippen LogP contribution is -2.42. The summed E-state index contributed by atoms with van der Waals surface area (Å²) in [6.07, 6.45) is -0.178. The Morgan fingerprint density at radius 2 is 1.09 bits per heavy atom. The molecule has 0 saturated carbocycles. The molecule has 0 spiro atoms. The molecule has 0 saturated heterocycles. The number of hydrogen-bond donors (Lipinski definition) is 2. The number of ether oxygens (including phenoxy) is 3. The molecule has 0 aromatic heterocycles. The predicted molar refractivity (Wildman–Crippen MR) is 131 cm³/mol. The van der Waals surface area contributed by atoms with Crippen LogP contribution in [0.15, 0.2) is 0 Å². The smallest absolute Gasteiger partial charge is 0.410 e. The van der Waals surface area contributed by atoms with E-state index >= 15 is 0 Å². The molecule has 11 nitrogen and oxygen atoms in total. The molecule has 11 heteroatoms. The van der Waals surface area contributed by atoms with Crippen molar-refractivity contribution >= 4 is 24.2 Å². The van der Waals surface area contributed by atoms with Gasteiger partial charge in [0.15, 0.2) is 0 Å². The van der Waals surface area contributed by atoms with E-state index in [2.05, 4.69) is 5.32 Å². The number of alkyl carbamates (subject to hydrolysis) is 1. The minimum atomic E-state index is -1.16. The molecule has 0 aliphatic heterocycles. The fraction of sp³-hybridized carbons (Fsp3) is 0.833. The van der Waals surface area contributed by atoms with E-state index in [9.17, 15) is 19.2 Å². The van der Waals surface area contributed by atoms with E-state index in [4.69, 9.17) is 19.3 Å². The van der Waals surface area contributed by atoms with Crippen molar-refractivity contribution in [2.24, 2.45) is 0 Å². The van der Waals surface area contributed by atoms with E-state index in [1.54, 1.807) is 62.3 Å². The van der Waals surface area contributed by atoms with Crippen molar-refractivity contribution in [3.8, 4) is 0 Å². The normalized spacial score (nSPS) is 11.9. The fourth-order valence-electron chi connectivity index (χ4n) is 2.73. The first-order valence-electron chi connectivity index (χ1n) is 11.9. The molecular formula is C24H45N3O8.